The fraction of sp³-hybridized carbons (Fsp3) is 0.778. The molecule has 0 saturated heterocycles. The van der Waals surface area contributed by atoms with Gasteiger partial charge in [-0.2, -0.15) is 0 Å². The molecule has 0 heterocycles. The lowest BCUT2D eigenvalue weighted by molar-refractivity contribution is -0.140. The Hall–Kier alpha value is -1.18. The summed E-state index contributed by atoms with van der Waals surface area (Å²) in [7, 11) is 0. The number of hydrogen-bond donors (Lipinski definition) is 5. The van der Waals surface area contributed by atoms with Crippen LogP contribution in [-0.4, -0.2) is 52.1 Å². The third kappa shape index (κ3) is 5.06. The minimum absolute atomic E-state index is 0.258. The number of aliphatic carboxylic acids is 2. The Bertz CT molecular complexity index is 258. The van der Waals surface area contributed by atoms with Gasteiger partial charge < -0.3 is 20.6 Å². The molecule has 7 nitrogen and oxygen atoms in total. The zero-order valence-corrected chi connectivity index (χ0v) is 9.36. The van der Waals surface area contributed by atoms with Crippen molar-refractivity contribution in [1.82, 2.24) is 10.6 Å². The van der Waals surface area contributed by atoms with Crippen LogP contribution in [0.3, 0.4) is 0 Å². The van der Waals surface area contributed by atoms with Crippen LogP contribution in [0.5, 0.6) is 0 Å². The molecule has 0 aliphatic rings. The van der Waals surface area contributed by atoms with Crippen molar-refractivity contribution in [3.05, 3.63) is 0 Å². The van der Waals surface area contributed by atoms with Crippen LogP contribution in [0.1, 0.15) is 20.3 Å². The predicted octanol–water partition coefficient (Wildman–Crippen LogP) is -1.18. The molecule has 0 aromatic rings. The van der Waals surface area contributed by atoms with Gasteiger partial charge in [0, 0.05) is 6.04 Å². The summed E-state index contributed by atoms with van der Waals surface area (Å²) < 4.78 is 0. The second-order valence-electron chi connectivity index (χ2n) is 3.52. The Balaban J connectivity index is 4.30. The Kier molecular flexibility index (Phi) is 5.94. The molecule has 0 aromatic heterocycles. The van der Waals surface area contributed by atoms with E-state index in [0.29, 0.717) is 0 Å². The lowest BCUT2D eigenvalue weighted by atomic mass is 10.0. The van der Waals surface area contributed by atoms with Crippen LogP contribution >= 0.6 is 0 Å². The number of rotatable bonds is 8. The second-order valence-corrected chi connectivity index (χ2v) is 3.52. The smallest absolute Gasteiger partial charge is 0.317 e. The molecule has 0 fully saturated rings. The number of nitrogens with one attached hydrogen (secondary N) is 2. The van der Waals surface area contributed by atoms with Crippen molar-refractivity contribution in [1.29, 1.82) is 0 Å². The number of hydrogen-bond acceptors (Lipinski definition) is 5. The van der Waals surface area contributed by atoms with Gasteiger partial charge in [-0.05, 0) is 13.3 Å². The van der Waals surface area contributed by atoms with Gasteiger partial charge in [0.1, 0.15) is 5.72 Å². The van der Waals surface area contributed by atoms with Crippen molar-refractivity contribution < 1.29 is 24.9 Å². The van der Waals surface area contributed by atoms with Crippen LogP contribution in [0.4, 0.5) is 0 Å². The summed E-state index contributed by atoms with van der Waals surface area (Å²) in [6.45, 7) is 2.58. The first-order valence-electron chi connectivity index (χ1n) is 4.96. The average Bonchev–Trinajstić information content (AvgIpc) is 2.22. The summed E-state index contributed by atoms with van der Waals surface area (Å²) >= 11 is 0. The van der Waals surface area contributed by atoms with Gasteiger partial charge in [0.05, 0.1) is 13.1 Å². The third-order valence-electron chi connectivity index (χ3n) is 2.36. The molecule has 0 radical (unpaired) electrons. The number of aliphatic hydroxyl groups is 1. The van der Waals surface area contributed by atoms with Gasteiger partial charge in [0.2, 0.25) is 0 Å². The standard InChI is InChI=1S/C9H18N2O5/c1-3-9(16,11-5-8(14)15)6(2)10-4-7(12)13/h6,10-11,16H,3-5H2,1-2H3,(H,12,13)(H,14,15). The van der Waals surface area contributed by atoms with Crippen LogP contribution in [0.25, 0.3) is 0 Å². The van der Waals surface area contributed by atoms with E-state index >= 15 is 0 Å². The van der Waals surface area contributed by atoms with Crippen molar-refractivity contribution in [3.8, 4) is 0 Å². The van der Waals surface area contributed by atoms with Gasteiger partial charge in [-0.1, -0.05) is 6.92 Å². The van der Waals surface area contributed by atoms with Crippen molar-refractivity contribution >= 4 is 11.9 Å². The minimum Gasteiger partial charge on any atom is -0.480 e. The molecule has 0 aliphatic carbocycles. The summed E-state index contributed by atoms with van der Waals surface area (Å²) in [5.74, 6) is -2.12. The van der Waals surface area contributed by atoms with Crippen LogP contribution in [0, 0.1) is 0 Å². The van der Waals surface area contributed by atoms with E-state index in [0.717, 1.165) is 0 Å². The minimum atomic E-state index is -1.44. The van der Waals surface area contributed by atoms with Crippen LogP contribution in [0.2, 0.25) is 0 Å². The molecular weight excluding hydrogens is 216 g/mol. The van der Waals surface area contributed by atoms with Crippen molar-refractivity contribution in [2.75, 3.05) is 13.1 Å². The molecule has 5 N–H and O–H groups in total. The maximum absolute atomic E-state index is 10.4. The largest absolute Gasteiger partial charge is 0.480 e. The van der Waals surface area contributed by atoms with E-state index in [1.165, 1.54) is 0 Å². The fourth-order valence-electron chi connectivity index (χ4n) is 1.22. The molecule has 94 valence electrons. The van der Waals surface area contributed by atoms with E-state index in [4.69, 9.17) is 10.2 Å². The topological polar surface area (TPSA) is 119 Å². The Morgan fingerprint density at radius 2 is 1.75 bits per heavy atom. The molecule has 7 heteroatoms. The molecule has 16 heavy (non-hydrogen) atoms. The number of carboxylic acids is 2. The highest BCUT2D eigenvalue weighted by atomic mass is 16.4. The van der Waals surface area contributed by atoms with Crippen LogP contribution in [0.15, 0.2) is 0 Å². The Morgan fingerprint density at radius 1 is 1.25 bits per heavy atom. The van der Waals surface area contributed by atoms with Gasteiger partial charge in [-0.25, -0.2) is 0 Å². The van der Waals surface area contributed by atoms with E-state index in [9.17, 15) is 14.7 Å². The number of carbonyl (C=O) groups is 2. The quantitative estimate of drug-likeness (QED) is 0.335. The molecular formula is C9H18N2O5. The Morgan fingerprint density at radius 3 is 2.12 bits per heavy atom. The molecule has 0 bridgehead atoms. The zero-order valence-electron chi connectivity index (χ0n) is 9.36. The van der Waals surface area contributed by atoms with E-state index in [2.05, 4.69) is 10.6 Å². The summed E-state index contributed by atoms with van der Waals surface area (Å²) in [5, 5.41) is 32.0. The number of carboxylic acid groups (broad SMARTS) is 2. The summed E-state index contributed by atoms with van der Waals surface area (Å²) in [4.78, 5) is 20.7. The first-order chi connectivity index (χ1) is 7.31. The van der Waals surface area contributed by atoms with Crippen molar-refractivity contribution in [2.24, 2.45) is 0 Å². The Labute approximate surface area is 93.5 Å². The fourth-order valence-corrected chi connectivity index (χ4v) is 1.22. The van der Waals surface area contributed by atoms with E-state index in [-0.39, 0.29) is 19.5 Å². The molecule has 0 spiro atoms. The van der Waals surface area contributed by atoms with Gasteiger partial charge in [-0.15, -0.1) is 0 Å². The van der Waals surface area contributed by atoms with E-state index in [1.54, 1.807) is 13.8 Å². The highest BCUT2D eigenvalue weighted by molar-refractivity contribution is 5.69. The van der Waals surface area contributed by atoms with E-state index in [1.807, 2.05) is 0 Å². The van der Waals surface area contributed by atoms with E-state index < -0.39 is 23.7 Å². The molecule has 2 unspecified atom stereocenters. The zero-order chi connectivity index (χ0) is 12.8. The predicted molar refractivity (Wildman–Crippen MR) is 56.0 cm³/mol. The van der Waals surface area contributed by atoms with Gasteiger partial charge in [-0.3, -0.25) is 14.9 Å². The molecule has 2 atom stereocenters. The van der Waals surface area contributed by atoms with Gasteiger partial charge >= 0.3 is 11.9 Å². The highest BCUT2D eigenvalue weighted by Gasteiger charge is 2.31. The maximum atomic E-state index is 10.4. The lowest BCUT2D eigenvalue weighted by Crippen LogP contribution is -2.59. The average molecular weight is 234 g/mol. The molecule has 0 aromatic carbocycles. The van der Waals surface area contributed by atoms with Crippen molar-refractivity contribution in [2.45, 2.75) is 32.0 Å². The molecule has 0 amide bonds. The van der Waals surface area contributed by atoms with Crippen LogP contribution < -0.4 is 10.6 Å². The molecule has 0 aliphatic heterocycles. The first-order valence-corrected chi connectivity index (χ1v) is 4.96. The molecule has 0 saturated carbocycles. The maximum Gasteiger partial charge on any atom is 0.317 e. The SMILES string of the molecule is CCC(O)(NCC(=O)O)C(C)NCC(=O)O. The lowest BCUT2D eigenvalue weighted by Gasteiger charge is -2.34. The normalized spacial score (nSPS) is 16.4. The third-order valence-corrected chi connectivity index (χ3v) is 2.36. The van der Waals surface area contributed by atoms with Gasteiger partial charge in [0.15, 0.2) is 0 Å². The van der Waals surface area contributed by atoms with Gasteiger partial charge in [0.25, 0.3) is 0 Å². The van der Waals surface area contributed by atoms with Crippen molar-refractivity contribution in [3.63, 3.8) is 0 Å². The molecule has 0 rings (SSSR count). The van der Waals surface area contributed by atoms with Crippen LogP contribution in [-0.2, 0) is 9.59 Å². The first kappa shape index (κ1) is 14.8. The summed E-state index contributed by atoms with van der Waals surface area (Å²) in [5.41, 5.74) is -1.44. The monoisotopic (exact) mass is 234 g/mol. The second kappa shape index (κ2) is 6.41. The summed E-state index contributed by atoms with van der Waals surface area (Å²) in [6, 6.07) is -0.576. The highest BCUT2D eigenvalue weighted by Crippen LogP contribution is 2.11. The summed E-state index contributed by atoms with van der Waals surface area (Å²) in [6.07, 6.45) is 0.258.